The first-order valence-corrected chi connectivity index (χ1v) is 15.8. The maximum atomic E-state index is 13.8. The summed E-state index contributed by atoms with van der Waals surface area (Å²) in [6, 6.07) is -0.724. The predicted octanol–water partition coefficient (Wildman–Crippen LogP) is 3.35. The Hall–Kier alpha value is -0.850. The van der Waals surface area contributed by atoms with Gasteiger partial charge in [0, 0.05) is 33.2 Å². The fourth-order valence-corrected chi connectivity index (χ4v) is 7.14. The molecule has 14 atom stereocenters. The van der Waals surface area contributed by atoms with Gasteiger partial charge in [0.1, 0.15) is 17.8 Å². The number of nitrogens with zero attached hydrogens (tertiary/aromatic N) is 1. The minimum absolute atomic E-state index is 0.0224. The van der Waals surface area contributed by atoms with Gasteiger partial charge >= 0.3 is 5.97 Å². The zero-order chi connectivity index (χ0) is 32.4. The van der Waals surface area contributed by atoms with Gasteiger partial charge in [-0.1, -0.05) is 27.7 Å². The highest BCUT2D eigenvalue weighted by atomic mass is 16.7. The van der Waals surface area contributed by atoms with Crippen LogP contribution in [0.1, 0.15) is 88.5 Å². The SMILES string of the molecule is CC[C@H]1OC(=O)[C@H](C)[C@@H](O[C@H]2C[C@@](C)(OC)[C@@H](N)[C@H](C)O2)[C@H](C)[C@@H](C)[C@](C)(OC)C[C@@H](C)CN(C)[C@H](C)[C@@H](O)[C@]1(C)O. The Labute approximate surface area is 254 Å². The molecule has 0 unspecified atom stereocenters. The van der Waals surface area contributed by atoms with Crippen molar-refractivity contribution in [3.8, 4) is 0 Å². The van der Waals surface area contributed by atoms with Crippen molar-refractivity contribution in [3.05, 3.63) is 0 Å². The summed E-state index contributed by atoms with van der Waals surface area (Å²) in [7, 11) is 5.31. The van der Waals surface area contributed by atoms with Crippen molar-refractivity contribution in [2.24, 2.45) is 29.4 Å². The Balaban J connectivity index is 2.57. The highest BCUT2D eigenvalue weighted by Crippen LogP contribution is 2.40. The molecule has 10 nitrogen and oxygen atoms in total. The molecule has 0 saturated carbocycles. The van der Waals surface area contributed by atoms with Crippen molar-refractivity contribution in [1.29, 1.82) is 0 Å². The van der Waals surface area contributed by atoms with Gasteiger partial charge in [-0.25, -0.2) is 0 Å². The lowest BCUT2D eigenvalue weighted by Gasteiger charge is -2.48. The molecule has 42 heavy (non-hydrogen) atoms. The molecule has 0 amide bonds. The molecule has 0 spiro atoms. The van der Waals surface area contributed by atoms with Crippen molar-refractivity contribution < 1.29 is 38.7 Å². The number of cyclic esters (lactones) is 1. The number of esters is 1. The number of carbonyl (C=O) groups is 1. The molecule has 2 aliphatic rings. The van der Waals surface area contributed by atoms with Gasteiger partial charge in [0.25, 0.3) is 0 Å². The fourth-order valence-electron chi connectivity index (χ4n) is 7.14. The molecule has 2 saturated heterocycles. The van der Waals surface area contributed by atoms with E-state index in [1.807, 2.05) is 34.7 Å². The smallest absolute Gasteiger partial charge is 0.311 e. The maximum Gasteiger partial charge on any atom is 0.311 e. The van der Waals surface area contributed by atoms with E-state index in [9.17, 15) is 15.0 Å². The predicted molar refractivity (Wildman–Crippen MR) is 163 cm³/mol. The summed E-state index contributed by atoms with van der Waals surface area (Å²) in [5.74, 6) is -1.18. The van der Waals surface area contributed by atoms with E-state index in [1.54, 1.807) is 28.1 Å². The third kappa shape index (κ3) is 7.86. The summed E-state index contributed by atoms with van der Waals surface area (Å²) < 4.78 is 30.9. The fraction of sp³-hybridized carbons (Fsp3) is 0.969. The summed E-state index contributed by atoms with van der Waals surface area (Å²) in [5.41, 5.74) is 3.56. The average Bonchev–Trinajstić information content (AvgIpc) is 2.94. The molecule has 0 aliphatic carbocycles. The van der Waals surface area contributed by atoms with Gasteiger partial charge in [0.05, 0.1) is 35.4 Å². The van der Waals surface area contributed by atoms with Gasteiger partial charge < -0.3 is 44.5 Å². The molecule has 10 heteroatoms. The number of likely N-dealkylation sites (N-methyl/N-ethyl adjacent to an activating group) is 1. The van der Waals surface area contributed by atoms with Crippen LogP contribution in [0.4, 0.5) is 0 Å². The number of aliphatic hydroxyl groups excluding tert-OH is 1. The summed E-state index contributed by atoms with van der Waals surface area (Å²) in [5, 5.41) is 22.9. The number of nitrogens with two attached hydrogens (primary N) is 1. The lowest BCUT2D eigenvalue weighted by atomic mass is 9.72. The number of aliphatic hydroxyl groups is 2. The van der Waals surface area contributed by atoms with Gasteiger partial charge in [-0.15, -0.1) is 0 Å². The molecule has 4 N–H and O–H groups in total. The van der Waals surface area contributed by atoms with Crippen LogP contribution >= 0.6 is 0 Å². The number of methoxy groups -OCH3 is 2. The molecular formula is C32H62N2O8. The number of ether oxygens (including phenoxy) is 5. The lowest BCUT2D eigenvalue weighted by molar-refractivity contribution is -0.274. The third-order valence-electron chi connectivity index (χ3n) is 10.9. The van der Waals surface area contributed by atoms with Crippen LogP contribution in [0.15, 0.2) is 0 Å². The second kappa shape index (κ2) is 14.5. The van der Waals surface area contributed by atoms with Gasteiger partial charge in [-0.05, 0) is 79.2 Å². The van der Waals surface area contributed by atoms with Gasteiger partial charge in [-0.3, -0.25) is 4.79 Å². The second-order valence-corrected chi connectivity index (χ2v) is 14.1. The zero-order valence-electron chi connectivity index (χ0n) is 28.5. The number of hydrogen-bond acceptors (Lipinski definition) is 10. The Bertz CT molecular complexity index is 875. The topological polar surface area (TPSA) is 133 Å². The molecule has 0 aromatic heterocycles. The lowest BCUT2D eigenvalue weighted by Crippen LogP contribution is -2.61. The Morgan fingerprint density at radius 1 is 1.02 bits per heavy atom. The highest BCUT2D eigenvalue weighted by molar-refractivity contribution is 5.73. The number of rotatable bonds is 5. The van der Waals surface area contributed by atoms with Crippen molar-refractivity contribution >= 4 is 5.97 Å². The Kier molecular flexibility index (Phi) is 12.9. The van der Waals surface area contributed by atoms with Crippen LogP contribution in [-0.4, -0.2) is 108 Å². The minimum Gasteiger partial charge on any atom is -0.459 e. The molecule has 248 valence electrons. The largest absolute Gasteiger partial charge is 0.459 e. The summed E-state index contributed by atoms with van der Waals surface area (Å²) >= 11 is 0. The van der Waals surface area contributed by atoms with Crippen LogP contribution in [-0.2, 0) is 28.5 Å². The van der Waals surface area contributed by atoms with Crippen LogP contribution in [0.2, 0.25) is 0 Å². The van der Waals surface area contributed by atoms with Gasteiger partial charge in [0.2, 0.25) is 0 Å². The van der Waals surface area contributed by atoms with Crippen LogP contribution in [0.5, 0.6) is 0 Å². The van der Waals surface area contributed by atoms with Crippen molar-refractivity contribution in [2.45, 2.75) is 148 Å². The summed E-state index contributed by atoms with van der Waals surface area (Å²) in [4.78, 5) is 15.9. The molecule has 2 fully saturated rings. The van der Waals surface area contributed by atoms with E-state index >= 15 is 0 Å². The van der Waals surface area contributed by atoms with E-state index in [0.717, 1.165) is 6.42 Å². The number of hydrogen-bond donors (Lipinski definition) is 3. The van der Waals surface area contributed by atoms with Crippen molar-refractivity contribution in [1.82, 2.24) is 4.90 Å². The van der Waals surface area contributed by atoms with Gasteiger partial charge in [-0.2, -0.15) is 0 Å². The molecule has 2 rings (SSSR count). The third-order valence-corrected chi connectivity index (χ3v) is 10.9. The highest BCUT2D eigenvalue weighted by Gasteiger charge is 2.50. The second-order valence-electron chi connectivity index (χ2n) is 14.1. The average molecular weight is 603 g/mol. The number of carbonyl (C=O) groups excluding carboxylic acids is 1. The van der Waals surface area contributed by atoms with E-state index in [4.69, 9.17) is 29.4 Å². The van der Waals surface area contributed by atoms with E-state index in [2.05, 4.69) is 32.6 Å². The zero-order valence-corrected chi connectivity index (χ0v) is 28.5. The monoisotopic (exact) mass is 602 g/mol. The molecular weight excluding hydrogens is 540 g/mol. The van der Waals surface area contributed by atoms with Crippen LogP contribution in [0, 0.1) is 23.7 Å². The molecule has 0 aromatic carbocycles. The molecule has 2 aliphatic heterocycles. The van der Waals surface area contributed by atoms with Crippen LogP contribution in [0.25, 0.3) is 0 Å². The first-order chi connectivity index (χ1) is 19.3. The summed E-state index contributed by atoms with van der Waals surface area (Å²) in [6.45, 7) is 20.1. The first kappa shape index (κ1) is 37.3. The van der Waals surface area contributed by atoms with E-state index in [-0.39, 0.29) is 35.9 Å². The molecule has 0 aromatic rings. The normalized spacial score (nSPS) is 49.1. The van der Waals surface area contributed by atoms with Gasteiger partial charge in [0.15, 0.2) is 6.29 Å². The molecule has 2 heterocycles. The standard InChI is InChI=1S/C32H62N2O8/c1-14-24-32(10,37)28(35)22(6)34(11)17-18(2)15-30(8,38-12)21(5)19(3)26(20(4)29(36)41-24)42-25-16-31(9,39-13)27(33)23(7)40-25/h18-28,35,37H,14-17,33H2,1-13H3/t18-,19-,20-,21-,22-,23+,24-,25+,26+,27+,28-,30-,31-,32-/m1/s1. The van der Waals surface area contributed by atoms with Crippen LogP contribution < -0.4 is 5.73 Å². The maximum absolute atomic E-state index is 13.8. The molecule has 0 bridgehead atoms. The Morgan fingerprint density at radius 3 is 2.12 bits per heavy atom. The first-order valence-electron chi connectivity index (χ1n) is 15.8. The quantitative estimate of drug-likeness (QED) is 0.403. The van der Waals surface area contributed by atoms with Crippen molar-refractivity contribution in [2.75, 3.05) is 27.8 Å². The minimum atomic E-state index is -1.67. The Morgan fingerprint density at radius 2 is 1.60 bits per heavy atom. The van der Waals surface area contributed by atoms with E-state index < -0.39 is 53.3 Å². The van der Waals surface area contributed by atoms with Crippen molar-refractivity contribution in [3.63, 3.8) is 0 Å². The summed E-state index contributed by atoms with van der Waals surface area (Å²) in [6.07, 6.45) is -2.18. The van der Waals surface area contributed by atoms with E-state index in [1.165, 1.54) is 0 Å². The molecule has 0 radical (unpaired) electrons. The van der Waals surface area contributed by atoms with Crippen LogP contribution in [0.3, 0.4) is 0 Å². The van der Waals surface area contributed by atoms with E-state index in [0.29, 0.717) is 19.4 Å².